The number of pyridine rings is 1. The van der Waals surface area contributed by atoms with Crippen molar-refractivity contribution in [1.29, 1.82) is 0 Å². The lowest BCUT2D eigenvalue weighted by Crippen LogP contribution is -2.39. The third kappa shape index (κ3) is 5.10. The monoisotopic (exact) mass is 540 g/mol. The first-order chi connectivity index (χ1) is 20.2. The molecule has 3 aliphatic rings. The summed E-state index contributed by atoms with van der Waals surface area (Å²) in [6, 6.07) is 25.3. The Morgan fingerprint density at radius 3 is 2.68 bits per heavy atom. The maximum absolute atomic E-state index is 12.0. The number of hydrogen-bond acceptors (Lipinski definition) is 6. The highest BCUT2D eigenvalue weighted by atomic mass is 16.2. The van der Waals surface area contributed by atoms with Crippen LogP contribution in [-0.4, -0.2) is 42.9 Å². The maximum Gasteiger partial charge on any atom is 0.346 e. The standard InChI is InChI=1S/C33H30N7O/c41-33-38-30-10-4-9-27(32(30)39-33)23-11-13-37-26(14-23)15-25-16-29(24-8-5-12-34-18-24)31(40-20-35-19-36-21-40)17-28(25)22-6-2-1-3-7-22/h1-10,12,16-20,23,26,37H,11,13-15,21H2,(H,38,41). The molecule has 2 unspecified atom stereocenters. The molecule has 0 spiro atoms. The zero-order valence-corrected chi connectivity index (χ0v) is 22.6. The van der Waals surface area contributed by atoms with E-state index in [-0.39, 0.29) is 12.1 Å². The van der Waals surface area contributed by atoms with E-state index in [1.165, 1.54) is 16.7 Å². The predicted molar refractivity (Wildman–Crippen MR) is 164 cm³/mol. The fourth-order valence-corrected chi connectivity index (χ4v) is 6.21. The van der Waals surface area contributed by atoms with Crippen LogP contribution in [0, 0.1) is 0 Å². The van der Waals surface area contributed by atoms with Crippen LogP contribution in [0.1, 0.15) is 29.9 Å². The fourth-order valence-electron chi connectivity index (χ4n) is 6.21. The summed E-state index contributed by atoms with van der Waals surface area (Å²) in [5, 5.41) is 10.9. The van der Waals surface area contributed by atoms with Crippen LogP contribution in [0.4, 0.5) is 21.9 Å². The number of anilines is 2. The topological polar surface area (TPSA) is 96.1 Å². The van der Waals surface area contributed by atoms with Gasteiger partial charge in [0.25, 0.3) is 0 Å². The summed E-state index contributed by atoms with van der Waals surface area (Å²) in [7, 11) is 0. The molecule has 1 aromatic heterocycles. The number of aliphatic imine (C=N–C) groups is 2. The van der Waals surface area contributed by atoms with Crippen molar-refractivity contribution < 1.29 is 4.79 Å². The Bertz CT molecular complexity index is 1630. The smallest absolute Gasteiger partial charge is 0.314 e. The molecular formula is C33H30N7O. The summed E-state index contributed by atoms with van der Waals surface area (Å²) in [5.41, 5.74) is 9.64. The molecule has 0 bridgehead atoms. The first-order valence-electron chi connectivity index (χ1n) is 14.0. The third-order valence-corrected chi connectivity index (χ3v) is 8.10. The highest BCUT2D eigenvalue weighted by molar-refractivity contribution is 6.03. The van der Waals surface area contributed by atoms with Gasteiger partial charge in [0.2, 0.25) is 0 Å². The molecule has 3 aromatic carbocycles. The van der Waals surface area contributed by atoms with E-state index in [0.717, 1.165) is 59.6 Å². The van der Waals surface area contributed by atoms with Gasteiger partial charge >= 0.3 is 6.03 Å². The van der Waals surface area contributed by atoms with Crippen LogP contribution >= 0.6 is 0 Å². The molecule has 2 atom stereocenters. The predicted octanol–water partition coefficient (Wildman–Crippen LogP) is 6.11. The highest BCUT2D eigenvalue weighted by Crippen LogP contribution is 2.42. The van der Waals surface area contributed by atoms with Crippen LogP contribution in [0.15, 0.2) is 95.2 Å². The van der Waals surface area contributed by atoms with Crippen molar-refractivity contribution in [2.45, 2.75) is 31.2 Å². The largest absolute Gasteiger partial charge is 0.346 e. The fraction of sp³-hybridized carbons (Fsp3) is 0.212. The SMILES string of the molecule is O=C1[N]c2c(cccc2C2CCNC(Cc3cc(-c4cccnc4)c(N4C=NC=NC4)cc3-c3ccccc3)C2)N1. The number of carbonyl (C=O) groups excluding carboxylic acids is 1. The Hall–Kier alpha value is -4.82. The molecule has 0 saturated carbocycles. The van der Waals surface area contributed by atoms with E-state index in [2.05, 4.69) is 90.4 Å². The van der Waals surface area contributed by atoms with Gasteiger partial charge in [-0.2, -0.15) is 5.32 Å². The number of urea groups is 1. The number of benzene rings is 3. The number of rotatable bonds is 6. The van der Waals surface area contributed by atoms with Crippen molar-refractivity contribution in [2.75, 3.05) is 23.4 Å². The molecule has 2 N–H and O–H groups in total. The van der Waals surface area contributed by atoms with Crippen molar-refractivity contribution in [1.82, 2.24) is 15.6 Å². The van der Waals surface area contributed by atoms with Crippen molar-refractivity contribution in [2.24, 2.45) is 9.98 Å². The van der Waals surface area contributed by atoms with E-state index >= 15 is 0 Å². The minimum Gasteiger partial charge on any atom is -0.314 e. The van der Waals surface area contributed by atoms with Crippen molar-refractivity contribution in [3.63, 3.8) is 0 Å². The Morgan fingerprint density at radius 2 is 1.85 bits per heavy atom. The molecule has 203 valence electrons. The van der Waals surface area contributed by atoms with E-state index in [1.54, 1.807) is 12.5 Å². The van der Waals surface area contributed by atoms with Crippen molar-refractivity contribution in [3.05, 3.63) is 96.3 Å². The lowest BCUT2D eigenvalue weighted by atomic mass is 9.82. The molecule has 8 heteroatoms. The molecule has 0 aliphatic carbocycles. The number of nitrogens with zero attached hydrogens (tertiary/aromatic N) is 5. The van der Waals surface area contributed by atoms with Gasteiger partial charge in [-0.25, -0.2) is 9.79 Å². The Labute approximate surface area is 239 Å². The number of fused-ring (bicyclic) bond motifs is 1. The lowest BCUT2D eigenvalue weighted by molar-refractivity contribution is 0.256. The second-order valence-electron chi connectivity index (χ2n) is 10.7. The minimum absolute atomic E-state index is 0.269. The van der Waals surface area contributed by atoms with Gasteiger partial charge in [-0.05, 0) is 78.2 Å². The number of piperidine rings is 1. The van der Waals surface area contributed by atoms with Crippen LogP contribution in [0.2, 0.25) is 0 Å². The van der Waals surface area contributed by atoms with Gasteiger partial charge in [0, 0.05) is 29.6 Å². The minimum atomic E-state index is -0.280. The molecule has 1 fully saturated rings. The Kier molecular flexibility index (Phi) is 6.74. The van der Waals surface area contributed by atoms with E-state index in [1.807, 2.05) is 30.7 Å². The van der Waals surface area contributed by atoms with Crippen molar-refractivity contribution in [3.8, 4) is 22.3 Å². The highest BCUT2D eigenvalue weighted by Gasteiger charge is 2.30. The summed E-state index contributed by atoms with van der Waals surface area (Å²) in [6.45, 7) is 1.43. The number of nitrogens with one attached hydrogen (secondary N) is 2. The number of amides is 2. The van der Waals surface area contributed by atoms with E-state index < -0.39 is 0 Å². The zero-order chi connectivity index (χ0) is 27.6. The average molecular weight is 541 g/mol. The third-order valence-electron chi connectivity index (χ3n) is 8.10. The number of aromatic nitrogens is 1. The summed E-state index contributed by atoms with van der Waals surface area (Å²) in [4.78, 5) is 27.2. The van der Waals surface area contributed by atoms with Crippen LogP contribution < -0.4 is 20.9 Å². The maximum atomic E-state index is 12.0. The van der Waals surface area contributed by atoms with Crippen LogP contribution in [0.25, 0.3) is 22.3 Å². The first-order valence-corrected chi connectivity index (χ1v) is 14.0. The van der Waals surface area contributed by atoms with Gasteiger partial charge in [-0.15, -0.1) is 0 Å². The van der Waals surface area contributed by atoms with Gasteiger partial charge in [0.1, 0.15) is 13.0 Å². The molecule has 3 aliphatic heterocycles. The Balaban J connectivity index is 1.27. The lowest BCUT2D eigenvalue weighted by Gasteiger charge is -2.32. The molecule has 4 aromatic rings. The van der Waals surface area contributed by atoms with E-state index in [4.69, 9.17) is 0 Å². The van der Waals surface area contributed by atoms with Crippen LogP contribution in [-0.2, 0) is 6.42 Å². The molecule has 1 radical (unpaired) electrons. The summed E-state index contributed by atoms with van der Waals surface area (Å²) >= 11 is 0. The number of hydrogen-bond donors (Lipinski definition) is 2. The molecule has 2 amide bonds. The second-order valence-corrected chi connectivity index (χ2v) is 10.7. The van der Waals surface area contributed by atoms with Crippen LogP contribution in [0.3, 0.4) is 0 Å². The zero-order valence-electron chi connectivity index (χ0n) is 22.6. The van der Waals surface area contributed by atoms with Gasteiger partial charge in [0.15, 0.2) is 0 Å². The summed E-state index contributed by atoms with van der Waals surface area (Å²) in [5.74, 6) is 0.326. The summed E-state index contributed by atoms with van der Waals surface area (Å²) in [6.07, 6.45) is 9.99. The normalized spacial score (nSPS) is 19.5. The second kappa shape index (κ2) is 11.0. The molecule has 8 nitrogen and oxygen atoms in total. The molecular weight excluding hydrogens is 510 g/mol. The Morgan fingerprint density at radius 1 is 0.951 bits per heavy atom. The van der Waals surface area contributed by atoms with E-state index in [0.29, 0.717) is 12.6 Å². The average Bonchev–Trinajstić information content (AvgIpc) is 3.42. The summed E-state index contributed by atoms with van der Waals surface area (Å²) < 4.78 is 0. The van der Waals surface area contributed by atoms with Gasteiger partial charge in [0.05, 0.1) is 23.4 Å². The van der Waals surface area contributed by atoms with E-state index in [9.17, 15) is 4.79 Å². The molecule has 41 heavy (non-hydrogen) atoms. The molecule has 7 rings (SSSR count). The van der Waals surface area contributed by atoms with Gasteiger partial charge in [-0.3, -0.25) is 9.98 Å². The quantitative estimate of drug-likeness (QED) is 0.308. The molecule has 1 saturated heterocycles. The number of para-hydroxylation sites is 1. The van der Waals surface area contributed by atoms with Gasteiger partial charge in [-0.1, -0.05) is 48.5 Å². The van der Waals surface area contributed by atoms with Crippen molar-refractivity contribution >= 4 is 35.8 Å². The first kappa shape index (κ1) is 25.2. The number of carbonyl (C=O) groups is 1. The van der Waals surface area contributed by atoms with Crippen LogP contribution in [0.5, 0.6) is 0 Å². The van der Waals surface area contributed by atoms with Gasteiger partial charge < -0.3 is 15.5 Å². The molecule has 4 heterocycles.